The van der Waals surface area contributed by atoms with Crippen LogP contribution < -0.4 is 15.5 Å². The van der Waals surface area contributed by atoms with Crippen LogP contribution in [0.5, 0.6) is 0 Å². The summed E-state index contributed by atoms with van der Waals surface area (Å²) in [5.74, 6) is -1.14. The Morgan fingerprint density at radius 3 is 2.78 bits per heavy atom. The molecule has 0 aliphatic carbocycles. The van der Waals surface area contributed by atoms with Gasteiger partial charge in [-0.15, -0.1) is 0 Å². The number of morpholine rings is 1. The molecule has 1 aliphatic rings. The molecule has 0 saturated carbocycles. The fraction of sp³-hybridized carbons (Fsp3) is 0.562. The number of rotatable bonds is 6. The van der Waals surface area contributed by atoms with Gasteiger partial charge in [0.25, 0.3) is 0 Å². The molecule has 23 heavy (non-hydrogen) atoms. The summed E-state index contributed by atoms with van der Waals surface area (Å²) in [6.45, 7) is 7.44. The summed E-state index contributed by atoms with van der Waals surface area (Å²) in [5.41, 5.74) is 0.397. The Hall–Kier alpha value is -1.31. The smallest absolute Gasteiger partial charge is 0.166 e. The second-order valence-corrected chi connectivity index (χ2v) is 6.16. The topological polar surface area (TPSA) is 37.7 Å². The average Bonchev–Trinajstić information content (AvgIpc) is 2.52. The minimum atomic E-state index is -0.579. The van der Waals surface area contributed by atoms with Gasteiger partial charge in [-0.1, -0.05) is 6.07 Å². The number of quaternary nitrogens is 1. The molecule has 0 amide bonds. The van der Waals surface area contributed by atoms with E-state index in [0.29, 0.717) is 10.7 Å². The highest BCUT2D eigenvalue weighted by Crippen LogP contribution is 2.17. The monoisotopic (exact) mass is 344 g/mol. The van der Waals surface area contributed by atoms with Gasteiger partial charge in [0, 0.05) is 24.6 Å². The van der Waals surface area contributed by atoms with Crippen molar-refractivity contribution in [2.45, 2.75) is 19.4 Å². The van der Waals surface area contributed by atoms with Gasteiger partial charge in [0.2, 0.25) is 0 Å². The van der Waals surface area contributed by atoms with Crippen LogP contribution in [0.15, 0.2) is 18.2 Å². The highest BCUT2D eigenvalue weighted by Gasteiger charge is 2.14. The van der Waals surface area contributed by atoms with E-state index in [-0.39, 0.29) is 6.04 Å². The molecule has 0 aromatic heterocycles. The summed E-state index contributed by atoms with van der Waals surface area (Å²) in [6, 6.07) is 3.25. The molecule has 0 unspecified atom stereocenters. The Morgan fingerprint density at radius 1 is 1.35 bits per heavy atom. The summed E-state index contributed by atoms with van der Waals surface area (Å²) in [4.78, 5) is 1.55. The van der Waals surface area contributed by atoms with Crippen molar-refractivity contribution in [3.63, 3.8) is 0 Å². The molecule has 1 aromatic carbocycles. The molecule has 4 nitrogen and oxygen atoms in total. The van der Waals surface area contributed by atoms with Gasteiger partial charge in [0.1, 0.15) is 24.7 Å². The van der Waals surface area contributed by atoms with Gasteiger partial charge in [0.15, 0.2) is 5.11 Å². The van der Waals surface area contributed by atoms with Crippen molar-refractivity contribution >= 4 is 17.3 Å². The van der Waals surface area contributed by atoms with Crippen LogP contribution in [0.1, 0.15) is 24.9 Å². The zero-order valence-electron chi connectivity index (χ0n) is 13.3. The van der Waals surface area contributed by atoms with E-state index in [9.17, 15) is 8.78 Å². The Kier molecular flexibility index (Phi) is 7.14. The third-order valence-electron chi connectivity index (χ3n) is 3.97. The minimum absolute atomic E-state index is 0.319. The van der Waals surface area contributed by atoms with Crippen molar-refractivity contribution in [1.29, 1.82) is 0 Å². The standard InChI is InChI=1S/C16H23F2N3OS/c1-12(14-4-3-13(17)11-15(14)18)20-16(23)19-5-2-6-21-7-9-22-10-8-21/h3-4,11-12H,2,5-10H2,1H3,(H2,19,20,23)/p+1/t12-/m0/s1. The largest absolute Gasteiger partial charge is 0.370 e. The lowest BCUT2D eigenvalue weighted by Gasteiger charge is -2.24. The maximum Gasteiger partial charge on any atom is 0.166 e. The second kappa shape index (κ2) is 9.10. The lowest BCUT2D eigenvalue weighted by Crippen LogP contribution is -3.14. The predicted octanol–water partition coefficient (Wildman–Crippen LogP) is 0.795. The van der Waals surface area contributed by atoms with Gasteiger partial charge >= 0.3 is 0 Å². The number of halogens is 2. The predicted molar refractivity (Wildman–Crippen MR) is 89.5 cm³/mol. The van der Waals surface area contributed by atoms with Crippen LogP contribution in [-0.2, 0) is 4.74 Å². The molecule has 1 aliphatic heterocycles. The van der Waals surface area contributed by atoms with Crippen LogP contribution in [0, 0.1) is 11.6 Å². The molecular formula is C16H24F2N3OS+. The SMILES string of the molecule is C[C@H](NC(=S)NCCC[NH+]1CCOCC1)c1ccc(F)cc1F. The maximum atomic E-state index is 13.7. The zero-order chi connectivity index (χ0) is 16.7. The molecule has 0 spiro atoms. The molecule has 1 aromatic rings. The molecule has 0 radical (unpaired) electrons. The van der Waals surface area contributed by atoms with Crippen LogP contribution >= 0.6 is 12.2 Å². The normalized spacial score (nSPS) is 16.8. The Balaban J connectivity index is 1.67. The molecule has 1 fully saturated rings. The number of hydrogen-bond acceptors (Lipinski definition) is 2. The Morgan fingerprint density at radius 2 is 2.09 bits per heavy atom. The first-order valence-corrected chi connectivity index (χ1v) is 8.37. The molecule has 0 bridgehead atoms. The first kappa shape index (κ1) is 18.0. The Bertz CT molecular complexity index is 524. The van der Waals surface area contributed by atoms with E-state index in [4.69, 9.17) is 17.0 Å². The average molecular weight is 344 g/mol. The summed E-state index contributed by atoms with van der Waals surface area (Å²) in [5, 5.41) is 6.64. The summed E-state index contributed by atoms with van der Waals surface area (Å²) in [7, 11) is 0. The number of ether oxygens (including phenoxy) is 1. The van der Waals surface area contributed by atoms with Crippen molar-refractivity contribution < 1.29 is 18.4 Å². The first-order chi connectivity index (χ1) is 11.1. The number of hydrogen-bond donors (Lipinski definition) is 3. The van der Waals surface area contributed by atoms with Crippen molar-refractivity contribution in [2.75, 3.05) is 39.4 Å². The highest BCUT2D eigenvalue weighted by atomic mass is 32.1. The summed E-state index contributed by atoms with van der Waals surface area (Å²) in [6.07, 6.45) is 1.01. The van der Waals surface area contributed by atoms with Gasteiger partial charge in [0.05, 0.1) is 25.8 Å². The van der Waals surface area contributed by atoms with E-state index in [1.165, 1.54) is 12.1 Å². The quantitative estimate of drug-likeness (QED) is 0.527. The number of benzene rings is 1. The van der Waals surface area contributed by atoms with Gasteiger partial charge in [-0.2, -0.15) is 0 Å². The second-order valence-electron chi connectivity index (χ2n) is 5.75. The maximum absolute atomic E-state index is 13.7. The van der Waals surface area contributed by atoms with Crippen molar-refractivity contribution in [3.05, 3.63) is 35.4 Å². The van der Waals surface area contributed by atoms with Crippen LogP contribution in [0.25, 0.3) is 0 Å². The molecule has 3 N–H and O–H groups in total. The van der Waals surface area contributed by atoms with Crippen molar-refractivity contribution in [3.8, 4) is 0 Å². The third kappa shape index (κ3) is 6.01. The lowest BCUT2D eigenvalue weighted by atomic mass is 10.1. The molecule has 128 valence electrons. The zero-order valence-corrected chi connectivity index (χ0v) is 14.1. The van der Waals surface area contributed by atoms with Crippen LogP contribution in [-0.4, -0.2) is 44.5 Å². The molecule has 2 rings (SSSR count). The number of thiocarbonyl (C=S) groups is 1. The molecule has 1 atom stereocenters. The summed E-state index contributed by atoms with van der Waals surface area (Å²) < 4.78 is 32.0. The van der Waals surface area contributed by atoms with E-state index >= 15 is 0 Å². The first-order valence-electron chi connectivity index (χ1n) is 7.97. The van der Waals surface area contributed by atoms with Crippen LogP contribution in [0.3, 0.4) is 0 Å². The van der Waals surface area contributed by atoms with Gasteiger partial charge in [-0.3, -0.25) is 0 Å². The molecular weight excluding hydrogens is 320 g/mol. The van der Waals surface area contributed by atoms with Crippen LogP contribution in [0.4, 0.5) is 8.78 Å². The van der Waals surface area contributed by atoms with Crippen molar-refractivity contribution in [2.24, 2.45) is 0 Å². The highest BCUT2D eigenvalue weighted by molar-refractivity contribution is 7.80. The van der Waals surface area contributed by atoms with Crippen molar-refractivity contribution in [1.82, 2.24) is 10.6 Å². The molecule has 1 heterocycles. The number of nitrogens with one attached hydrogen (secondary N) is 3. The minimum Gasteiger partial charge on any atom is -0.370 e. The van der Waals surface area contributed by atoms with E-state index in [0.717, 1.165) is 51.9 Å². The fourth-order valence-corrected chi connectivity index (χ4v) is 2.91. The lowest BCUT2D eigenvalue weighted by molar-refractivity contribution is -0.908. The Labute approximate surface area is 141 Å². The van der Waals surface area contributed by atoms with Gasteiger partial charge in [-0.05, 0) is 25.2 Å². The molecule has 1 saturated heterocycles. The van der Waals surface area contributed by atoms with Gasteiger partial charge < -0.3 is 20.3 Å². The van der Waals surface area contributed by atoms with E-state index in [2.05, 4.69) is 10.6 Å². The van der Waals surface area contributed by atoms with E-state index in [1.807, 2.05) is 0 Å². The van der Waals surface area contributed by atoms with Crippen LogP contribution in [0.2, 0.25) is 0 Å². The van der Waals surface area contributed by atoms with Gasteiger partial charge in [-0.25, -0.2) is 8.78 Å². The van der Waals surface area contributed by atoms with E-state index in [1.54, 1.807) is 11.8 Å². The molecule has 7 heteroatoms. The van der Waals surface area contributed by atoms with E-state index < -0.39 is 11.6 Å². The fourth-order valence-electron chi connectivity index (χ4n) is 2.63. The summed E-state index contributed by atoms with van der Waals surface area (Å²) >= 11 is 5.22. The third-order valence-corrected chi connectivity index (χ3v) is 4.23.